The van der Waals surface area contributed by atoms with Crippen molar-refractivity contribution < 1.29 is 14.6 Å². The van der Waals surface area contributed by atoms with Crippen molar-refractivity contribution in [1.82, 2.24) is 0 Å². The van der Waals surface area contributed by atoms with Crippen molar-refractivity contribution in [3.63, 3.8) is 0 Å². The molecule has 1 fully saturated rings. The summed E-state index contributed by atoms with van der Waals surface area (Å²) < 4.78 is 5.18. The van der Waals surface area contributed by atoms with Crippen LogP contribution in [0.1, 0.15) is 39.0 Å². The largest absolute Gasteiger partial charge is 0.466 e. The fourth-order valence-corrected chi connectivity index (χ4v) is 5.07. The lowest BCUT2D eigenvalue weighted by Gasteiger charge is -2.36. The Morgan fingerprint density at radius 3 is 2.28 bits per heavy atom. The van der Waals surface area contributed by atoms with Crippen LogP contribution in [0.5, 0.6) is 0 Å². The molecule has 0 bridgehead atoms. The van der Waals surface area contributed by atoms with Gasteiger partial charge >= 0.3 is 5.97 Å². The minimum atomic E-state index is -1.76. The summed E-state index contributed by atoms with van der Waals surface area (Å²) in [7, 11) is -1.76. The van der Waals surface area contributed by atoms with Crippen LogP contribution in [-0.4, -0.2) is 31.9 Å². The maximum Gasteiger partial charge on any atom is 0.308 e. The van der Waals surface area contributed by atoms with E-state index in [-0.39, 0.29) is 11.5 Å². The van der Waals surface area contributed by atoms with E-state index in [0.717, 1.165) is 12.8 Å². The predicted octanol–water partition coefficient (Wildman–Crippen LogP) is 3.20. The summed E-state index contributed by atoms with van der Waals surface area (Å²) in [4.78, 5) is 12.1. The Kier molecular flexibility index (Phi) is 5.85. The number of ether oxygens (including phenoxy) is 1. The molecule has 1 aliphatic carbocycles. The van der Waals surface area contributed by atoms with Gasteiger partial charge in [0, 0.05) is 0 Å². The second kappa shape index (κ2) is 6.71. The van der Waals surface area contributed by atoms with Gasteiger partial charge in [-0.3, -0.25) is 4.79 Å². The molecule has 106 valence electrons. The van der Waals surface area contributed by atoms with Crippen molar-refractivity contribution in [2.24, 2.45) is 5.92 Å². The van der Waals surface area contributed by atoms with Gasteiger partial charge in [-0.25, -0.2) is 0 Å². The third-order valence-corrected chi connectivity index (χ3v) is 6.39. The second-order valence-corrected chi connectivity index (χ2v) is 11.8. The number of hydrogen-bond donors (Lipinski definition) is 1. The number of hydrogen-bond acceptors (Lipinski definition) is 3. The van der Waals surface area contributed by atoms with Gasteiger partial charge in [-0.1, -0.05) is 38.9 Å². The molecule has 1 N–H and O–H groups in total. The fourth-order valence-electron chi connectivity index (χ4n) is 2.99. The molecule has 0 heterocycles. The zero-order chi connectivity index (χ0) is 13.8. The van der Waals surface area contributed by atoms with Gasteiger partial charge in [-0.2, -0.15) is 0 Å². The molecular weight excluding hydrogens is 244 g/mol. The molecule has 3 nitrogen and oxygen atoms in total. The lowest BCUT2D eigenvalue weighted by Crippen LogP contribution is -2.45. The Bertz CT molecular complexity index is 267. The number of aliphatic hydroxyl groups excluding tert-OH is 1. The molecule has 2 atom stereocenters. The Hall–Kier alpha value is -0.353. The van der Waals surface area contributed by atoms with Crippen molar-refractivity contribution in [2.75, 3.05) is 6.61 Å². The van der Waals surface area contributed by atoms with Gasteiger partial charge in [-0.05, 0) is 25.7 Å². The highest BCUT2D eigenvalue weighted by Gasteiger charge is 2.42. The number of aliphatic hydroxyl groups is 1. The first-order chi connectivity index (χ1) is 8.38. The van der Waals surface area contributed by atoms with Gasteiger partial charge in [0.05, 0.1) is 26.3 Å². The topological polar surface area (TPSA) is 46.5 Å². The number of esters is 1. The van der Waals surface area contributed by atoms with Crippen LogP contribution in [0.2, 0.25) is 25.2 Å². The average molecular weight is 272 g/mol. The lowest BCUT2D eigenvalue weighted by molar-refractivity contribution is -0.146. The van der Waals surface area contributed by atoms with Gasteiger partial charge in [0.15, 0.2) is 0 Å². The van der Waals surface area contributed by atoms with Gasteiger partial charge < -0.3 is 9.84 Å². The van der Waals surface area contributed by atoms with Gasteiger partial charge in [-0.15, -0.1) is 0 Å². The van der Waals surface area contributed by atoms with E-state index in [1.54, 1.807) is 0 Å². The summed E-state index contributed by atoms with van der Waals surface area (Å²) in [5, 5.41) is 10.6. The highest BCUT2D eigenvalue weighted by atomic mass is 28.3. The molecule has 18 heavy (non-hydrogen) atoms. The first kappa shape index (κ1) is 15.7. The molecule has 1 saturated carbocycles. The molecular formula is C14H28O3Si. The lowest BCUT2D eigenvalue weighted by atomic mass is 9.84. The molecule has 0 radical (unpaired) electrons. The molecule has 0 unspecified atom stereocenters. The van der Waals surface area contributed by atoms with E-state index in [1.807, 2.05) is 6.92 Å². The highest BCUT2D eigenvalue weighted by molar-refractivity contribution is 6.80. The third-order valence-electron chi connectivity index (χ3n) is 3.95. The van der Waals surface area contributed by atoms with Gasteiger partial charge in [0.2, 0.25) is 0 Å². The Balaban J connectivity index is 2.78. The molecule has 1 aliphatic rings. The van der Waals surface area contributed by atoms with Gasteiger partial charge in [0.25, 0.3) is 0 Å². The van der Waals surface area contributed by atoms with Crippen LogP contribution < -0.4 is 0 Å². The third kappa shape index (κ3) is 4.09. The summed E-state index contributed by atoms with van der Waals surface area (Å²) >= 11 is 0. The zero-order valence-electron chi connectivity index (χ0n) is 12.2. The van der Waals surface area contributed by atoms with Crippen LogP contribution >= 0.6 is 0 Å². The van der Waals surface area contributed by atoms with Crippen LogP contribution in [0.3, 0.4) is 0 Å². The zero-order valence-corrected chi connectivity index (χ0v) is 13.2. The fraction of sp³-hybridized carbons (Fsp3) is 0.929. The Morgan fingerprint density at radius 2 is 1.83 bits per heavy atom. The smallest absolute Gasteiger partial charge is 0.308 e. The summed E-state index contributed by atoms with van der Waals surface area (Å²) in [6.07, 6.45) is 5.24. The molecule has 0 aromatic rings. The maximum absolute atomic E-state index is 12.1. The molecule has 0 aromatic carbocycles. The normalized spacial score (nSPS) is 21.4. The second-order valence-electron chi connectivity index (χ2n) is 6.48. The quantitative estimate of drug-likeness (QED) is 0.617. The summed E-state index contributed by atoms with van der Waals surface area (Å²) in [6.45, 7) is 8.64. The number of carbonyl (C=O) groups excluding carboxylic acids is 1. The van der Waals surface area contributed by atoms with E-state index < -0.39 is 14.2 Å². The first-order valence-corrected chi connectivity index (χ1v) is 10.8. The van der Waals surface area contributed by atoms with Crippen LogP contribution in [0.15, 0.2) is 0 Å². The summed E-state index contributed by atoms with van der Waals surface area (Å²) in [5.74, 6) is 0.106. The van der Waals surface area contributed by atoms with Crippen molar-refractivity contribution in [1.29, 1.82) is 0 Å². The SMILES string of the molecule is CCOC(=O)[C@@H]([C@H](O)C1CCCCC1)[Si](C)(C)C. The van der Waals surface area contributed by atoms with Crippen molar-refractivity contribution in [3.05, 3.63) is 0 Å². The molecule has 4 heteroatoms. The predicted molar refractivity (Wildman–Crippen MR) is 76.3 cm³/mol. The molecule has 0 aromatic heterocycles. The van der Waals surface area contributed by atoms with Crippen LogP contribution in [0.25, 0.3) is 0 Å². The molecule has 1 rings (SSSR count). The standard InChI is InChI=1S/C14H28O3Si/c1-5-17-14(16)13(18(2,3)4)12(15)11-9-7-6-8-10-11/h11-13,15H,5-10H2,1-4H3/t12-,13-/m1/s1. The minimum Gasteiger partial charge on any atom is -0.466 e. The Morgan fingerprint density at radius 1 is 1.28 bits per heavy atom. The highest BCUT2D eigenvalue weighted by Crippen LogP contribution is 2.37. The Labute approximate surface area is 112 Å². The van der Waals surface area contributed by atoms with Crippen LogP contribution in [0, 0.1) is 5.92 Å². The van der Waals surface area contributed by atoms with E-state index in [1.165, 1.54) is 19.3 Å². The van der Waals surface area contributed by atoms with E-state index in [0.29, 0.717) is 12.5 Å². The number of rotatable bonds is 5. The van der Waals surface area contributed by atoms with E-state index >= 15 is 0 Å². The first-order valence-electron chi connectivity index (χ1n) is 7.22. The van der Waals surface area contributed by atoms with Crippen LogP contribution in [-0.2, 0) is 9.53 Å². The monoisotopic (exact) mass is 272 g/mol. The molecule has 0 aliphatic heterocycles. The molecule has 0 saturated heterocycles. The van der Waals surface area contributed by atoms with E-state index in [9.17, 15) is 9.90 Å². The maximum atomic E-state index is 12.1. The van der Waals surface area contributed by atoms with Gasteiger partial charge in [0.1, 0.15) is 0 Å². The van der Waals surface area contributed by atoms with Crippen LogP contribution in [0.4, 0.5) is 0 Å². The minimum absolute atomic E-state index is 0.185. The average Bonchev–Trinajstić information content (AvgIpc) is 2.28. The van der Waals surface area contributed by atoms with E-state index in [4.69, 9.17) is 4.74 Å². The van der Waals surface area contributed by atoms with Crippen molar-refractivity contribution in [3.8, 4) is 0 Å². The van der Waals surface area contributed by atoms with Crippen molar-refractivity contribution in [2.45, 2.75) is 70.3 Å². The molecule has 0 spiro atoms. The molecule has 0 amide bonds. The summed E-state index contributed by atoms with van der Waals surface area (Å²) in [6, 6.07) is 0. The van der Waals surface area contributed by atoms with E-state index in [2.05, 4.69) is 19.6 Å². The van der Waals surface area contributed by atoms with Crippen molar-refractivity contribution >= 4 is 14.0 Å². The summed E-state index contributed by atoms with van der Waals surface area (Å²) in [5.41, 5.74) is -0.277. The number of carbonyl (C=O) groups is 1.